The summed E-state index contributed by atoms with van der Waals surface area (Å²) in [6, 6.07) is 9.28. The molecule has 1 aromatic rings. The Morgan fingerprint density at radius 3 is 2.52 bits per heavy atom. The highest BCUT2D eigenvalue weighted by molar-refractivity contribution is 5.53. The van der Waals surface area contributed by atoms with Crippen molar-refractivity contribution in [1.29, 1.82) is 5.26 Å². The van der Waals surface area contributed by atoms with E-state index in [-0.39, 0.29) is 0 Å². The highest BCUT2D eigenvalue weighted by Crippen LogP contribution is 2.21. The van der Waals surface area contributed by atoms with E-state index < -0.39 is 5.54 Å². The summed E-state index contributed by atoms with van der Waals surface area (Å²) in [4.78, 5) is 2.28. The van der Waals surface area contributed by atoms with Crippen molar-refractivity contribution < 1.29 is 0 Å². The quantitative estimate of drug-likeness (QED) is 0.829. The molecule has 3 heteroatoms. The minimum Gasteiger partial charge on any atom is -0.374 e. The van der Waals surface area contributed by atoms with Crippen molar-refractivity contribution in [2.75, 3.05) is 18.5 Å². The van der Waals surface area contributed by atoms with Crippen molar-refractivity contribution in [3.05, 3.63) is 29.3 Å². The van der Waals surface area contributed by atoms with E-state index in [4.69, 9.17) is 0 Å². The Morgan fingerprint density at radius 2 is 2.00 bits per heavy atom. The normalized spacial score (nSPS) is 13.8. The predicted octanol–water partition coefficient (Wildman–Crippen LogP) is 3.80. The van der Waals surface area contributed by atoms with Crippen molar-refractivity contribution in [3.63, 3.8) is 0 Å². The molecule has 0 aromatic heterocycles. The molecule has 1 unspecified atom stereocenters. The molecule has 3 nitrogen and oxygen atoms in total. The third-order valence-electron chi connectivity index (χ3n) is 3.79. The molecule has 0 aliphatic carbocycles. The summed E-state index contributed by atoms with van der Waals surface area (Å²) in [7, 11) is 2.12. The van der Waals surface area contributed by atoms with Crippen molar-refractivity contribution in [3.8, 4) is 6.07 Å². The molecule has 1 atom stereocenters. The molecule has 0 aliphatic heterocycles. The second kappa shape index (κ2) is 7.47. The van der Waals surface area contributed by atoms with Gasteiger partial charge in [-0.3, -0.25) is 5.32 Å². The van der Waals surface area contributed by atoms with Crippen LogP contribution in [0.2, 0.25) is 0 Å². The predicted molar refractivity (Wildman–Crippen MR) is 90.7 cm³/mol. The van der Waals surface area contributed by atoms with Gasteiger partial charge in [0.1, 0.15) is 5.54 Å². The topological polar surface area (TPSA) is 39.1 Å². The molecule has 1 rings (SSSR count). The van der Waals surface area contributed by atoms with E-state index in [9.17, 15) is 5.26 Å². The van der Waals surface area contributed by atoms with E-state index in [0.717, 1.165) is 19.4 Å². The molecule has 0 amide bonds. The number of aryl methyl sites for hydroxylation is 2. The van der Waals surface area contributed by atoms with E-state index in [1.54, 1.807) is 0 Å². The van der Waals surface area contributed by atoms with Crippen LogP contribution < -0.4 is 10.2 Å². The molecule has 0 fully saturated rings. The standard InChI is InChI=1S/C18H29N3/c1-14(2)20-18(5,13-19)10-7-11-21(6)17-9-8-15(3)12-16(17)4/h8-9,12,14,20H,7,10-11H2,1-6H3. The molecule has 21 heavy (non-hydrogen) atoms. The summed E-state index contributed by atoms with van der Waals surface area (Å²) in [5.74, 6) is 0. The van der Waals surface area contributed by atoms with Crippen molar-refractivity contribution in [1.82, 2.24) is 5.32 Å². The molecular formula is C18H29N3. The zero-order valence-electron chi connectivity index (χ0n) is 14.3. The van der Waals surface area contributed by atoms with Crippen LogP contribution >= 0.6 is 0 Å². The summed E-state index contributed by atoms with van der Waals surface area (Å²) >= 11 is 0. The smallest absolute Gasteiger partial charge is 0.104 e. The van der Waals surface area contributed by atoms with Gasteiger partial charge in [0, 0.05) is 25.3 Å². The summed E-state index contributed by atoms with van der Waals surface area (Å²) in [6.07, 6.45) is 1.85. The first-order valence-electron chi connectivity index (χ1n) is 7.75. The molecule has 0 saturated carbocycles. The number of rotatable bonds is 7. The van der Waals surface area contributed by atoms with Crippen LogP contribution in [0.5, 0.6) is 0 Å². The molecule has 0 aliphatic rings. The average molecular weight is 287 g/mol. The van der Waals surface area contributed by atoms with Crippen molar-refractivity contribution in [2.45, 2.75) is 59.0 Å². The van der Waals surface area contributed by atoms with Crippen molar-refractivity contribution in [2.24, 2.45) is 0 Å². The number of hydrogen-bond acceptors (Lipinski definition) is 3. The number of benzene rings is 1. The van der Waals surface area contributed by atoms with Crippen LogP contribution in [-0.2, 0) is 0 Å². The Kier molecular flexibility index (Phi) is 6.23. The first kappa shape index (κ1) is 17.5. The minimum atomic E-state index is -0.433. The van der Waals surface area contributed by atoms with Gasteiger partial charge in [-0.25, -0.2) is 0 Å². The molecule has 0 spiro atoms. The van der Waals surface area contributed by atoms with Crippen LogP contribution in [0.25, 0.3) is 0 Å². The maximum atomic E-state index is 9.36. The third kappa shape index (κ3) is 5.40. The van der Waals surface area contributed by atoms with Crippen molar-refractivity contribution >= 4 is 5.69 Å². The lowest BCUT2D eigenvalue weighted by molar-refractivity contribution is 0.375. The number of nitrogens with zero attached hydrogens (tertiary/aromatic N) is 2. The fourth-order valence-corrected chi connectivity index (χ4v) is 2.82. The summed E-state index contributed by atoms with van der Waals surface area (Å²) in [5, 5.41) is 12.7. The number of nitriles is 1. The van der Waals surface area contributed by atoms with Gasteiger partial charge in [-0.05, 0) is 59.1 Å². The molecular weight excluding hydrogens is 258 g/mol. The van der Waals surface area contributed by atoms with Gasteiger partial charge in [-0.1, -0.05) is 17.7 Å². The van der Waals surface area contributed by atoms with E-state index >= 15 is 0 Å². The van der Waals surface area contributed by atoms with E-state index in [2.05, 4.69) is 69.2 Å². The van der Waals surface area contributed by atoms with Crippen LogP contribution in [0.1, 0.15) is 44.7 Å². The Morgan fingerprint density at radius 1 is 1.33 bits per heavy atom. The Hall–Kier alpha value is -1.53. The minimum absolute atomic E-state index is 0.326. The van der Waals surface area contributed by atoms with Gasteiger partial charge in [0.25, 0.3) is 0 Å². The van der Waals surface area contributed by atoms with Crippen LogP contribution in [-0.4, -0.2) is 25.2 Å². The van der Waals surface area contributed by atoms with Gasteiger partial charge in [0.15, 0.2) is 0 Å². The van der Waals surface area contributed by atoms with Crippen LogP contribution in [0.3, 0.4) is 0 Å². The molecule has 1 aromatic carbocycles. The molecule has 0 radical (unpaired) electrons. The molecule has 116 valence electrons. The molecule has 0 bridgehead atoms. The summed E-state index contributed by atoms with van der Waals surface area (Å²) in [5.41, 5.74) is 3.44. The molecule has 1 N–H and O–H groups in total. The SMILES string of the molecule is Cc1ccc(N(C)CCCC(C)(C#N)NC(C)C)c(C)c1. The summed E-state index contributed by atoms with van der Waals surface area (Å²) < 4.78 is 0. The zero-order valence-corrected chi connectivity index (χ0v) is 14.3. The Balaban J connectivity index is 2.57. The lowest BCUT2D eigenvalue weighted by atomic mass is 9.96. The highest BCUT2D eigenvalue weighted by Gasteiger charge is 2.23. The van der Waals surface area contributed by atoms with Crippen LogP contribution in [0.15, 0.2) is 18.2 Å². The van der Waals surface area contributed by atoms with Crippen LogP contribution in [0.4, 0.5) is 5.69 Å². The maximum Gasteiger partial charge on any atom is 0.104 e. The van der Waals surface area contributed by atoms with Gasteiger partial charge in [-0.2, -0.15) is 5.26 Å². The maximum absolute atomic E-state index is 9.36. The number of nitrogens with one attached hydrogen (secondary N) is 1. The Bertz CT molecular complexity index is 502. The van der Waals surface area contributed by atoms with Gasteiger partial charge in [0.05, 0.1) is 6.07 Å². The second-order valence-electron chi connectivity index (χ2n) is 6.56. The largest absolute Gasteiger partial charge is 0.374 e. The van der Waals surface area contributed by atoms with E-state index in [1.165, 1.54) is 16.8 Å². The van der Waals surface area contributed by atoms with Gasteiger partial charge in [0.2, 0.25) is 0 Å². The molecule has 0 saturated heterocycles. The zero-order chi connectivity index (χ0) is 16.0. The number of hydrogen-bond donors (Lipinski definition) is 1. The fourth-order valence-electron chi connectivity index (χ4n) is 2.82. The lowest BCUT2D eigenvalue weighted by Crippen LogP contribution is -2.45. The fraction of sp³-hybridized carbons (Fsp3) is 0.611. The average Bonchev–Trinajstić information content (AvgIpc) is 2.37. The van der Waals surface area contributed by atoms with Gasteiger partial charge >= 0.3 is 0 Å². The monoisotopic (exact) mass is 287 g/mol. The van der Waals surface area contributed by atoms with E-state index in [0.29, 0.717) is 6.04 Å². The number of anilines is 1. The van der Waals surface area contributed by atoms with Gasteiger partial charge in [-0.15, -0.1) is 0 Å². The Labute approximate surface area is 130 Å². The lowest BCUT2D eigenvalue weighted by Gasteiger charge is -2.28. The summed E-state index contributed by atoms with van der Waals surface area (Å²) in [6.45, 7) is 11.4. The first-order chi connectivity index (χ1) is 9.77. The van der Waals surface area contributed by atoms with E-state index in [1.807, 2.05) is 6.92 Å². The second-order valence-corrected chi connectivity index (χ2v) is 6.56. The van der Waals surface area contributed by atoms with Crippen LogP contribution in [0, 0.1) is 25.2 Å². The molecule has 0 heterocycles. The first-order valence-corrected chi connectivity index (χ1v) is 7.75. The third-order valence-corrected chi connectivity index (χ3v) is 3.79. The van der Waals surface area contributed by atoms with Gasteiger partial charge < -0.3 is 4.90 Å². The highest BCUT2D eigenvalue weighted by atomic mass is 15.1.